The van der Waals surface area contributed by atoms with Gasteiger partial charge in [0, 0.05) is 11.6 Å². The number of hydrogen-bond donors (Lipinski definition) is 3. The van der Waals surface area contributed by atoms with Gasteiger partial charge < -0.3 is 15.4 Å². The molecule has 0 spiro atoms. The van der Waals surface area contributed by atoms with E-state index in [2.05, 4.69) is 10.3 Å². The summed E-state index contributed by atoms with van der Waals surface area (Å²) in [6.45, 7) is -1.41. The molecule has 0 radical (unpaired) electrons. The average molecular weight is 385 g/mol. The van der Waals surface area contributed by atoms with Crippen LogP contribution >= 0.6 is 0 Å². The zero-order valence-corrected chi connectivity index (χ0v) is 14.2. The van der Waals surface area contributed by atoms with E-state index in [1.165, 1.54) is 18.2 Å². The van der Waals surface area contributed by atoms with Crippen LogP contribution in [0.5, 0.6) is 0 Å². The van der Waals surface area contributed by atoms with Crippen molar-refractivity contribution in [3.8, 4) is 0 Å². The topological polar surface area (TPSA) is 104 Å². The fraction of sp³-hybridized carbons (Fsp3) is 0.471. The first-order valence-corrected chi connectivity index (χ1v) is 8.47. The van der Waals surface area contributed by atoms with Crippen LogP contribution < -0.4 is 11.0 Å². The van der Waals surface area contributed by atoms with Crippen LogP contribution in [-0.4, -0.2) is 38.8 Å². The normalized spacial score (nSPS) is 20.6. The highest BCUT2D eigenvalue weighted by Crippen LogP contribution is 2.25. The number of benzene rings is 1. The lowest BCUT2D eigenvalue weighted by Gasteiger charge is -2.26. The Morgan fingerprint density at radius 2 is 1.89 bits per heavy atom. The molecule has 1 amide bonds. The quantitative estimate of drug-likeness (QED) is 0.751. The van der Waals surface area contributed by atoms with Crippen LogP contribution in [0.15, 0.2) is 23.0 Å². The van der Waals surface area contributed by atoms with E-state index in [1.54, 1.807) is 0 Å². The number of nitrogens with zero attached hydrogens (tertiary/aromatic N) is 1. The van der Waals surface area contributed by atoms with E-state index >= 15 is 0 Å². The number of hydrogen-bond acceptors (Lipinski definition) is 3. The summed E-state index contributed by atoms with van der Waals surface area (Å²) < 4.78 is 38.4. The average Bonchev–Trinajstić information content (AvgIpc) is 2.88. The summed E-state index contributed by atoms with van der Waals surface area (Å²) in [5.74, 6) is -1.65. The van der Waals surface area contributed by atoms with E-state index in [0.29, 0.717) is 30.3 Å². The molecule has 1 aliphatic rings. The second kappa shape index (κ2) is 7.09. The Hall–Kier alpha value is -2.78. The number of fused-ring (bicyclic) bond motifs is 1. The van der Waals surface area contributed by atoms with Gasteiger partial charge in [0.2, 0.25) is 0 Å². The molecule has 0 bridgehead atoms. The molecule has 7 nitrogen and oxygen atoms in total. The third-order valence-corrected chi connectivity index (χ3v) is 4.79. The summed E-state index contributed by atoms with van der Waals surface area (Å²) in [4.78, 5) is 37.4. The number of carboxylic acid groups (broad SMARTS) is 1. The van der Waals surface area contributed by atoms with Crippen LogP contribution in [0, 0.1) is 5.92 Å². The van der Waals surface area contributed by atoms with Gasteiger partial charge in [0.05, 0.1) is 17.0 Å². The molecule has 1 aliphatic carbocycles. The Morgan fingerprint density at radius 3 is 2.48 bits per heavy atom. The molecule has 3 rings (SSSR count). The number of carbonyl (C=O) groups is 2. The minimum absolute atomic E-state index is 0.0656. The summed E-state index contributed by atoms with van der Waals surface area (Å²) in [7, 11) is 0. The van der Waals surface area contributed by atoms with Crippen molar-refractivity contribution in [2.75, 3.05) is 0 Å². The second-order valence-electron chi connectivity index (χ2n) is 6.72. The molecule has 0 atom stereocenters. The van der Waals surface area contributed by atoms with Crippen LogP contribution in [0.2, 0.25) is 0 Å². The maximum Gasteiger partial charge on any atom is 0.406 e. The number of alkyl halides is 3. The van der Waals surface area contributed by atoms with Crippen molar-refractivity contribution in [3.63, 3.8) is 0 Å². The molecular weight excluding hydrogens is 367 g/mol. The Kier molecular flexibility index (Phi) is 4.99. The molecule has 0 aliphatic heterocycles. The fourth-order valence-electron chi connectivity index (χ4n) is 3.39. The van der Waals surface area contributed by atoms with Crippen molar-refractivity contribution in [1.29, 1.82) is 0 Å². The van der Waals surface area contributed by atoms with Gasteiger partial charge in [-0.2, -0.15) is 13.2 Å². The summed E-state index contributed by atoms with van der Waals surface area (Å²) >= 11 is 0. The molecule has 1 aromatic heterocycles. The Morgan fingerprint density at radius 1 is 1.22 bits per heavy atom. The predicted molar refractivity (Wildman–Crippen MR) is 89.5 cm³/mol. The number of H-pyrrole nitrogens is 1. The summed E-state index contributed by atoms with van der Waals surface area (Å²) in [5.41, 5.74) is -0.475. The summed E-state index contributed by atoms with van der Waals surface area (Å²) in [6, 6.07) is 3.84. The van der Waals surface area contributed by atoms with Gasteiger partial charge >= 0.3 is 17.8 Å². The second-order valence-corrected chi connectivity index (χ2v) is 6.72. The first kappa shape index (κ1) is 19.0. The van der Waals surface area contributed by atoms with Crippen LogP contribution in [0.3, 0.4) is 0 Å². The van der Waals surface area contributed by atoms with E-state index in [0.717, 1.165) is 0 Å². The third-order valence-electron chi connectivity index (χ3n) is 4.79. The number of nitrogens with one attached hydrogen (secondary N) is 2. The molecular formula is C17H18F3N3O4. The van der Waals surface area contributed by atoms with E-state index in [4.69, 9.17) is 5.11 Å². The number of aromatic nitrogens is 2. The third kappa shape index (κ3) is 4.32. The van der Waals surface area contributed by atoms with Crippen molar-refractivity contribution in [2.24, 2.45) is 5.92 Å². The number of rotatable bonds is 4. The minimum atomic E-state index is -4.54. The van der Waals surface area contributed by atoms with Gasteiger partial charge in [-0.3, -0.25) is 14.2 Å². The lowest BCUT2D eigenvalue weighted by atomic mass is 9.86. The highest BCUT2D eigenvalue weighted by molar-refractivity contribution is 5.97. The Balaban J connectivity index is 1.73. The van der Waals surface area contributed by atoms with Gasteiger partial charge in [-0.05, 0) is 43.9 Å². The van der Waals surface area contributed by atoms with Gasteiger partial charge in [0.1, 0.15) is 6.54 Å². The number of halogens is 3. The SMILES string of the molecule is O=C(NC1CCC(C(=O)O)CC1)c1ccc2c(c1)[nH]c(=O)n2CC(F)(F)F. The number of carbonyl (C=O) groups excluding carboxylic acids is 1. The first-order chi connectivity index (χ1) is 12.6. The highest BCUT2D eigenvalue weighted by atomic mass is 19.4. The molecule has 27 heavy (non-hydrogen) atoms. The van der Waals surface area contributed by atoms with Gasteiger partial charge in [-0.15, -0.1) is 0 Å². The van der Waals surface area contributed by atoms with Crippen LogP contribution in [0.4, 0.5) is 13.2 Å². The van der Waals surface area contributed by atoms with Gasteiger partial charge in [0.25, 0.3) is 5.91 Å². The molecule has 146 valence electrons. The zero-order valence-electron chi connectivity index (χ0n) is 14.2. The van der Waals surface area contributed by atoms with Crippen LogP contribution in [-0.2, 0) is 11.3 Å². The molecule has 0 unspecified atom stereocenters. The molecule has 3 N–H and O–H groups in total. The lowest BCUT2D eigenvalue weighted by Crippen LogP contribution is -2.38. The van der Waals surface area contributed by atoms with Crippen molar-refractivity contribution in [2.45, 2.75) is 44.4 Å². The molecule has 1 aromatic carbocycles. The summed E-state index contributed by atoms with van der Waals surface area (Å²) in [5, 5.41) is 11.8. The lowest BCUT2D eigenvalue weighted by molar-refractivity contribution is -0.143. The van der Waals surface area contributed by atoms with E-state index in [1.807, 2.05) is 0 Å². The predicted octanol–water partition coefficient (Wildman–Crippen LogP) is 2.27. The summed E-state index contributed by atoms with van der Waals surface area (Å²) in [6.07, 6.45) is -2.49. The molecule has 0 saturated heterocycles. The standard InChI is InChI=1S/C17H18F3N3O4/c18-17(19,20)8-23-13-6-3-10(7-12(13)22-16(23)27)14(24)21-11-4-1-9(2-5-11)15(25)26/h3,6-7,9,11H,1-2,4-5,8H2,(H,21,24)(H,22,27)(H,25,26). The van der Waals surface area contributed by atoms with Crippen molar-refractivity contribution in [3.05, 3.63) is 34.2 Å². The number of imidazole rings is 1. The fourth-order valence-corrected chi connectivity index (χ4v) is 3.39. The van der Waals surface area contributed by atoms with Crippen molar-refractivity contribution < 1.29 is 27.9 Å². The van der Waals surface area contributed by atoms with Gasteiger partial charge in [-0.25, -0.2) is 4.79 Å². The van der Waals surface area contributed by atoms with Gasteiger partial charge in [-0.1, -0.05) is 0 Å². The van der Waals surface area contributed by atoms with Gasteiger partial charge in [0.15, 0.2) is 0 Å². The highest BCUT2D eigenvalue weighted by Gasteiger charge is 2.30. The molecule has 1 saturated carbocycles. The molecule has 2 aromatic rings. The van der Waals surface area contributed by atoms with Crippen molar-refractivity contribution >= 4 is 22.9 Å². The number of carboxylic acids is 1. The number of amides is 1. The Bertz CT molecular complexity index is 924. The molecule has 1 fully saturated rings. The van der Waals surface area contributed by atoms with E-state index in [-0.39, 0.29) is 22.6 Å². The van der Waals surface area contributed by atoms with Crippen LogP contribution in [0.25, 0.3) is 11.0 Å². The largest absolute Gasteiger partial charge is 0.481 e. The molecule has 1 heterocycles. The van der Waals surface area contributed by atoms with Crippen LogP contribution in [0.1, 0.15) is 36.0 Å². The minimum Gasteiger partial charge on any atom is -0.481 e. The Labute approximate surface area is 151 Å². The smallest absolute Gasteiger partial charge is 0.406 e. The maximum atomic E-state index is 12.6. The zero-order chi connectivity index (χ0) is 19.8. The van der Waals surface area contributed by atoms with E-state index in [9.17, 15) is 27.6 Å². The van der Waals surface area contributed by atoms with Crippen molar-refractivity contribution in [1.82, 2.24) is 14.9 Å². The molecule has 10 heteroatoms. The first-order valence-electron chi connectivity index (χ1n) is 8.47. The number of aliphatic carboxylic acids is 1. The monoisotopic (exact) mass is 385 g/mol. The maximum absolute atomic E-state index is 12.6. The number of aromatic amines is 1. The van der Waals surface area contributed by atoms with E-state index < -0.39 is 36.2 Å².